The van der Waals surface area contributed by atoms with Crippen LogP contribution in [0.3, 0.4) is 0 Å². The lowest BCUT2D eigenvalue weighted by Gasteiger charge is -2.17. The van der Waals surface area contributed by atoms with Crippen molar-refractivity contribution in [3.05, 3.63) is 29.8 Å². The standard InChI is InChI=1S/C15H26N2O3S/c1-4-10-16-13-14-6-8-15(9-7-14)21(18,19)17(3)11-12-20-5-2/h6-9,16H,4-5,10-13H2,1-3H3. The quantitative estimate of drug-likeness (QED) is 0.670. The second kappa shape index (κ2) is 9.15. The third kappa shape index (κ3) is 5.74. The van der Waals surface area contributed by atoms with E-state index in [0.29, 0.717) is 24.7 Å². The Morgan fingerprint density at radius 1 is 1.19 bits per heavy atom. The van der Waals surface area contributed by atoms with Gasteiger partial charge in [-0.05, 0) is 37.6 Å². The molecule has 6 heteroatoms. The molecule has 1 rings (SSSR count). The summed E-state index contributed by atoms with van der Waals surface area (Å²) in [6.45, 7) is 7.07. The third-order valence-corrected chi connectivity index (χ3v) is 5.01. The van der Waals surface area contributed by atoms with Gasteiger partial charge in [0.1, 0.15) is 0 Å². The van der Waals surface area contributed by atoms with Crippen LogP contribution >= 0.6 is 0 Å². The predicted octanol–water partition coefficient (Wildman–Crippen LogP) is 1.84. The van der Waals surface area contributed by atoms with Gasteiger partial charge in [0.05, 0.1) is 11.5 Å². The zero-order valence-corrected chi connectivity index (χ0v) is 13.9. The Bertz CT molecular complexity index is 500. The number of likely N-dealkylation sites (N-methyl/N-ethyl adjacent to an activating group) is 1. The van der Waals surface area contributed by atoms with Crippen LogP contribution in [0.1, 0.15) is 25.8 Å². The maximum Gasteiger partial charge on any atom is 0.242 e. The molecule has 0 amide bonds. The van der Waals surface area contributed by atoms with Gasteiger partial charge in [-0.2, -0.15) is 4.31 Å². The van der Waals surface area contributed by atoms with Gasteiger partial charge in [0.2, 0.25) is 10.0 Å². The molecule has 21 heavy (non-hydrogen) atoms. The molecule has 0 heterocycles. The highest BCUT2D eigenvalue weighted by molar-refractivity contribution is 7.89. The molecular formula is C15H26N2O3S. The van der Waals surface area contributed by atoms with E-state index in [1.807, 2.05) is 19.1 Å². The molecular weight excluding hydrogens is 288 g/mol. The monoisotopic (exact) mass is 314 g/mol. The molecule has 1 aromatic carbocycles. The molecule has 0 aromatic heterocycles. The SMILES string of the molecule is CCCNCc1ccc(S(=O)(=O)N(C)CCOCC)cc1. The second-order valence-electron chi connectivity index (χ2n) is 4.84. The van der Waals surface area contributed by atoms with Crippen molar-refractivity contribution in [1.29, 1.82) is 0 Å². The van der Waals surface area contributed by atoms with Crippen LogP contribution in [0.25, 0.3) is 0 Å². The number of sulfonamides is 1. The van der Waals surface area contributed by atoms with Crippen LogP contribution in [-0.2, 0) is 21.3 Å². The molecule has 0 aliphatic heterocycles. The normalized spacial score (nSPS) is 12.0. The Hall–Kier alpha value is -0.950. The van der Waals surface area contributed by atoms with Gasteiger partial charge in [0, 0.05) is 26.7 Å². The van der Waals surface area contributed by atoms with E-state index in [9.17, 15) is 8.42 Å². The zero-order chi connectivity index (χ0) is 15.7. The van der Waals surface area contributed by atoms with Crippen molar-refractivity contribution in [2.75, 3.05) is 33.4 Å². The summed E-state index contributed by atoms with van der Waals surface area (Å²) in [5, 5.41) is 3.29. The van der Waals surface area contributed by atoms with Gasteiger partial charge in [0.25, 0.3) is 0 Å². The first-order valence-corrected chi connectivity index (χ1v) is 8.80. The number of nitrogens with one attached hydrogen (secondary N) is 1. The van der Waals surface area contributed by atoms with E-state index >= 15 is 0 Å². The fraction of sp³-hybridized carbons (Fsp3) is 0.600. The van der Waals surface area contributed by atoms with Crippen LogP contribution in [0.15, 0.2) is 29.2 Å². The van der Waals surface area contributed by atoms with Crippen molar-refractivity contribution < 1.29 is 13.2 Å². The molecule has 0 aliphatic rings. The minimum absolute atomic E-state index is 0.320. The van der Waals surface area contributed by atoms with E-state index < -0.39 is 10.0 Å². The van der Waals surface area contributed by atoms with E-state index in [0.717, 1.165) is 25.1 Å². The molecule has 5 nitrogen and oxygen atoms in total. The molecule has 0 bridgehead atoms. The number of benzene rings is 1. The minimum Gasteiger partial charge on any atom is -0.380 e. The van der Waals surface area contributed by atoms with Gasteiger partial charge < -0.3 is 10.1 Å². The Labute approximate surface area is 128 Å². The van der Waals surface area contributed by atoms with Crippen molar-refractivity contribution in [3.8, 4) is 0 Å². The van der Waals surface area contributed by atoms with Gasteiger partial charge in [0.15, 0.2) is 0 Å². The van der Waals surface area contributed by atoms with Crippen molar-refractivity contribution in [3.63, 3.8) is 0 Å². The van der Waals surface area contributed by atoms with Crippen molar-refractivity contribution in [1.82, 2.24) is 9.62 Å². The van der Waals surface area contributed by atoms with Gasteiger partial charge >= 0.3 is 0 Å². The van der Waals surface area contributed by atoms with E-state index in [2.05, 4.69) is 12.2 Å². The topological polar surface area (TPSA) is 58.6 Å². The van der Waals surface area contributed by atoms with E-state index in [-0.39, 0.29) is 0 Å². The first kappa shape index (κ1) is 18.1. The second-order valence-corrected chi connectivity index (χ2v) is 6.89. The Kier molecular flexibility index (Phi) is 7.88. The van der Waals surface area contributed by atoms with Crippen LogP contribution < -0.4 is 5.32 Å². The smallest absolute Gasteiger partial charge is 0.242 e. The summed E-state index contributed by atoms with van der Waals surface area (Å²) in [7, 11) is -1.85. The van der Waals surface area contributed by atoms with E-state index in [4.69, 9.17) is 4.74 Å². The summed E-state index contributed by atoms with van der Waals surface area (Å²) in [6, 6.07) is 7.03. The van der Waals surface area contributed by atoms with Crippen molar-refractivity contribution in [2.24, 2.45) is 0 Å². The summed E-state index contributed by atoms with van der Waals surface area (Å²) in [6.07, 6.45) is 1.08. The summed E-state index contributed by atoms with van der Waals surface area (Å²) < 4.78 is 31.2. The molecule has 1 aromatic rings. The fourth-order valence-corrected chi connectivity index (χ4v) is 2.98. The maximum atomic E-state index is 12.4. The van der Waals surface area contributed by atoms with Gasteiger partial charge in [-0.3, -0.25) is 0 Å². The molecule has 0 saturated carbocycles. The van der Waals surface area contributed by atoms with Crippen LogP contribution in [0.5, 0.6) is 0 Å². The average molecular weight is 314 g/mol. The third-order valence-electron chi connectivity index (χ3n) is 3.14. The van der Waals surface area contributed by atoms with Gasteiger partial charge in [-0.25, -0.2) is 8.42 Å². The Morgan fingerprint density at radius 2 is 1.86 bits per heavy atom. The molecule has 0 unspecified atom stereocenters. The van der Waals surface area contributed by atoms with E-state index in [1.54, 1.807) is 19.2 Å². The maximum absolute atomic E-state index is 12.4. The van der Waals surface area contributed by atoms with Crippen LogP contribution in [-0.4, -0.2) is 46.1 Å². The summed E-state index contributed by atoms with van der Waals surface area (Å²) in [4.78, 5) is 0.320. The number of hydrogen-bond donors (Lipinski definition) is 1. The molecule has 0 saturated heterocycles. The number of rotatable bonds is 10. The summed E-state index contributed by atoms with van der Waals surface area (Å²) in [5.41, 5.74) is 1.08. The fourth-order valence-electron chi connectivity index (χ4n) is 1.83. The molecule has 0 fully saturated rings. The van der Waals surface area contributed by atoms with Crippen molar-refractivity contribution >= 4 is 10.0 Å². The first-order chi connectivity index (χ1) is 10.0. The highest BCUT2D eigenvalue weighted by Crippen LogP contribution is 2.15. The zero-order valence-electron chi connectivity index (χ0n) is 13.1. The number of hydrogen-bond acceptors (Lipinski definition) is 4. The lowest BCUT2D eigenvalue weighted by molar-refractivity contribution is 0.138. The Morgan fingerprint density at radius 3 is 2.43 bits per heavy atom. The van der Waals surface area contributed by atoms with Crippen LogP contribution in [0, 0.1) is 0 Å². The number of nitrogens with zero attached hydrogens (tertiary/aromatic N) is 1. The highest BCUT2D eigenvalue weighted by atomic mass is 32.2. The highest BCUT2D eigenvalue weighted by Gasteiger charge is 2.20. The largest absolute Gasteiger partial charge is 0.380 e. The molecule has 0 atom stereocenters. The predicted molar refractivity (Wildman–Crippen MR) is 84.7 cm³/mol. The number of ether oxygens (including phenoxy) is 1. The summed E-state index contributed by atoms with van der Waals surface area (Å²) in [5.74, 6) is 0. The average Bonchev–Trinajstić information content (AvgIpc) is 2.48. The minimum atomic E-state index is -3.43. The van der Waals surface area contributed by atoms with Crippen LogP contribution in [0.2, 0.25) is 0 Å². The van der Waals surface area contributed by atoms with Crippen LogP contribution in [0.4, 0.5) is 0 Å². The lowest BCUT2D eigenvalue weighted by atomic mass is 10.2. The van der Waals surface area contributed by atoms with Crippen molar-refractivity contribution in [2.45, 2.75) is 31.7 Å². The van der Waals surface area contributed by atoms with Gasteiger partial charge in [-0.15, -0.1) is 0 Å². The molecule has 0 aliphatic carbocycles. The van der Waals surface area contributed by atoms with E-state index in [1.165, 1.54) is 4.31 Å². The summed E-state index contributed by atoms with van der Waals surface area (Å²) >= 11 is 0. The Balaban J connectivity index is 2.66. The van der Waals surface area contributed by atoms with Gasteiger partial charge in [-0.1, -0.05) is 19.1 Å². The lowest BCUT2D eigenvalue weighted by Crippen LogP contribution is -2.30. The first-order valence-electron chi connectivity index (χ1n) is 7.36. The molecule has 0 radical (unpaired) electrons. The molecule has 1 N–H and O–H groups in total. The molecule has 120 valence electrons. The molecule has 0 spiro atoms.